The number of aliphatic hydroxyl groups excluding tert-OH is 1. The number of amides is 1. The third-order valence-electron chi connectivity index (χ3n) is 5.92. The molecule has 2 aliphatic rings. The van der Waals surface area contributed by atoms with E-state index >= 15 is 0 Å². The number of benzene rings is 2. The van der Waals surface area contributed by atoms with Gasteiger partial charge in [0.15, 0.2) is 0 Å². The maximum atomic E-state index is 14.4. The van der Waals surface area contributed by atoms with Crippen LogP contribution in [0.2, 0.25) is 0 Å². The van der Waals surface area contributed by atoms with Gasteiger partial charge in [-0.2, -0.15) is 5.26 Å². The Bertz CT molecular complexity index is 903. The van der Waals surface area contributed by atoms with Crippen LogP contribution in [-0.4, -0.2) is 34.6 Å². The Balaban J connectivity index is 1.72. The second-order valence-corrected chi connectivity index (χ2v) is 7.29. The quantitative estimate of drug-likeness (QED) is 0.903. The maximum absolute atomic E-state index is 14.4. The van der Waals surface area contributed by atoms with Gasteiger partial charge in [0.2, 0.25) is 5.91 Å². The molecule has 4 nitrogen and oxygen atoms in total. The monoisotopic (exact) mass is 364 g/mol. The van der Waals surface area contributed by atoms with E-state index in [0.29, 0.717) is 11.1 Å². The molecule has 1 N–H and O–H groups in total. The van der Waals surface area contributed by atoms with Crippen LogP contribution in [0.3, 0.4) is 0 Å². The van der Waals surface area contributed by atoms with Crippen molar-refractivity contribution in [2.75, 3.05) is 6.61 Å². The predicted molar refractivity (Wildman–Crippen MR) is 99.0 cm³/mol. The largest absolute Gasteiger partial charge is 0.394 e. The summed E-state index contributed by atoms with van der Waals surface area (Å²) in [6, 6.07) is 15.0. The highest BCUT2D eigenvalue weighted by molar-refractivity contribution is 5.83. The molecule has 3 atom stereocenters. The van der Waals surface area contributed by atoms with Crippen molar-refractivity contribution in [3.8, 4) is 17.2 Å². The van der Waals surface area contributed by atoms with Gasteiger partial charge >= 0.3 is 0 Å². The highest BCUT2D eigenvalue weighted by Crippen LogP contribution is 2.46. The van der Waals surface area contributed by atoms with Gasteiger partial charge in [-0.3, -0.25) is 4.79 Å². The second-order valence-electron chi connectivity index (χ2n) is 7.29. The van der Waals surface area contributed by atoms with Crippen LogP contribution in [0.5, 0.6) is 0 Å². The van der Waals surface area contributed by atoms with Gasteiger partial charge in [-0.15, -0.1) is 0 Å². The molecule has 0 unspecified atom stereocenters. The highest BCUT2D eigenvalue weighted by atomic mass is 19.1. The maximum Gasteiger partial charge on any atom is 0.227 e. The number of carbonyl (C=O) groups is 1. The van der Waals surface area contributed by atoms with E-state index in [1.807, 2.05) is 24.3 Å². The van der Waals surface area contributed by atoms with Crippen LogP contribution in [-0.2, 0) is 4.79 Å². The Hall–Kier alpha value is -2.71. The summed E-state index contributed by atoms with van der Waals surface area (Å²) in [6.07, 6.45) is 2.73. The van der Waals surface area contributed by atoms with E-state index in [0.717, 1.165) is 24.8 Å². The minimum absolute atomic E-state index is 0.0299. The Morgan fingerprint density at radius 2 is 1.81 bits per heavy atom. The van der Waals surface area contributed by atoms with Crippen LogP contribution in [0.1, 0.15) is 30.7 Å². The van der Waals surface area contributed by atoms with Crippen molar-refractivity contribution in [3.63, 3.8) is 0 Å². The normalized spacial score (nSPS) is 24.6. The van der Waals surface area contributed by atoms with E-state index < -0.39 is 12.1 Å². The zero-order chi connectivity index (χ0) is 19.0. The summed E-state index contributed by atoms with van der Waals surface area (Å²) < 4.78 is 14.4. The molecule has 0 bridgehead atoms. The SMILES string of the molecule is N#C[C@@H]1[C@@H](c2ccccc2-c2ccccc2F)[C@H](CO)N1C(=O)C1CCC1. The fourth-order valence-corrected chi connectivity index (χ4v) is 4.26. The minimum atomic E-state index is -0.636. The van der Waals surface area contributed by atoms with Crippen molar-refractivity contribution in [2.24, 2.45) is 5.92 Å². The second kappa shape index (κ2) is 7.13. The van der Waals surface area contributed by atoms with E-state index in [-0.39, 0.29) is 30.2 Å². The summed E-state index contributed by atoms with van der Waals surface area (Å²) in [5, 5.41) is 19.7. The molecule has 0 radical (unpaired) electrons. The van der Waals surface area contributed by atoms with Crippen LogP contribution in [0.15, 0.2) is 48.5 Å². The van der Waals surface area contributed by atoms with Gasteiger partial charge in [0.1, 0.15) is 11.9 Å². The molecule has 1 saturated heterocycles. The van der Waals surface area contributed by atoms with Crippen molar-refractivity contribution in [3.05, 3.63) is 59.9 Å². The number of carbonyl (C=O) groups excluding carboxylic acids is 1. The van der Waals surface area contributed by atoms with Gasteiger partial charge < -0.3 is 10.0 Å². The van der Waals surface area contributed by atoms with Crippen LogP contribution < -0.4 is 0 Å². The topological polar surface area (TPSA) is 64.3 Å². The summed E-state index contributed by atoms with van der Waals surface area (Å²) in [5.74, 6) is -0.732. The molecule has 1 aliphatic carbocycles. The molecule has 2 aromatic rings. The number of likely N-dealkylation sites (tertiary alicyclic amines) is 1. The molecule has 5 heteroatoms. The number of hydrogen-bond acceptors (Lipinski definition) is 3. The standard InChI is InChI=1S/C22H21FN2O2/c23-18-11-4-3-9-16(18)15-8-1-2-10-17(15)21-19(12-24)25(20(21)13-26)22(27)14-6-5-7-14/h1-4,8-11,14,19-21,26H,5-7,13H2/t19-,20+,21-/m1/s1. The van der Waals surface area contributed by atoms with Gasteiger partial charge in [-0.1, -0.05) is 48.9 Å². The Morgan fingerprint density at radius 1 is 1.15 bits per heavy atom. The van der Waals surface area contributed by atoms with Crippen LogP contribution >= 0.6 is 0 Å². The van der Waals surface area contributed by atoms with Crippen LogP contribution in [0.25, 0.3) is 11.1 Å². The fraction of sp³-hybridized carbons (Fsp3) is 0.364. The van der Waals surface area contributed by atoms with Gasteiger partial charge in [-0.25, -0.2) is 4.39 Å². The van der Waals surface area contributed by atoms with E-state index in [1.165, 1.54) is 6.07 Å². The van der Waals surface area contributed by atoms with Crippen molar-refractivity contribution >= 4 is 5.91 Å². The average molecular weight is 364 g/mol. The molecule has 2 aromatic carbocycles. The third kappa shape index (κ3) is 2.81. The lowest BCUT2D eigenvalue weighted by atomic mass is 9.71. The van der Waals surface area contributed by atoms with Crippen molar-refractivity contribution in [1.29, 1.82) is 5.26 Å². The number of nitriles is 1. The summed E-state index contributed by atoms with van der Waals surface area (Å²) in [7, 11) is 0. The van der Waals surface area contributed by atoms with Crippen LogP contribution in [0, 0.1) is 23.1 Å². The summed E-state index contributed by atoms with van der Waals surface area (Å²) in [6.45, 7) is -0.215. The summed E-state index contributed by atoms with van der Waals surface area (Å²) in [5.41, 5.74) is 1.96. The van der Waals surface area contributed by atoms with Crippen molar-refractivity contribution in [1.82, 2.24) is 4.90 Å². The first kappa shape index (κ1) is 17.7. The molecule has 1 amide bonds. The first-order valence-electron chi connectivity index (χ1n) is 9.34. The molecule has 0 spiro atoms. The van der Waals surface area contributed by atoms with Crippen LogP contribution in [0.4, 0.5) is 4.39 Å². The fourth-order valence-electron chi connectivity index (χ4n) is 4.26. The zero-order valence-corrected chi connectivity index (χ0v) is 14.9. The van der Waals surface area contributed by atoms with Gasteiger partial charge in [0, 0.05) is 17.4 Å². The van der Waals surface area contributed by atoms with Crippen molar-refractivity contribution < 1.29 is 14.3 Å². The first-order valence-corrected chi connectivity index (χ1v) is 9.34. The molecule has 1 saturated carbocycles. The number of nitrogens with zero attached hydrogens (tertiary/aromatic N) is 2. The third-order valence-corrected chi connectivity index (χ3v) is 5.92. The lowest BCUT2D eigenvalue weighted by Crippen LogP contribution is -2.66. The minimum Gasteiger partial charge on any atom is -0.394 e. The predicted octanol–water partition coefficient (Wildman–Crippen LogP) is 3.47. The Morgan fingerprint density at radius 3 is 2.41 bits per heavy atom. The van der Waals surface area contributed by atoms with E-state index in [4.69, 9.17) is 0 Å². The zero-order valence-electron chi connectivity index (χ0n) is 14.9. The number of aliphatic hydroxyl groups is 1. The highest BCUT2D eigenvalue weighted by Gasteiger charge is 2.53. The van der Waals surface area contributed by atoms with Gasteiger partial charge in [0.05, 0.1) is 18.7 Å². The number of halogens is 1. The lowest BCUT2D eigenvalue weighted by Gasteiger charge is -2.53. The molecular formula is C22H21FN2O2. The number of hydrogen-bond donors (Lipinski definition) is 1. The lowest BCUT2D eigenvalue weighted by molar-refractivity contribution is -0.154. The molecule has 2 fully saturated rings. The summed E-state index contributed by atoms with van der Waals surface area (Å²) >= 11 is 0. The van der Waals surface area contributed by atoms with E-state index in [1.54, 1.807) is 23.1 Å². The Labute approximate surface area is 157 Å². The Kier molecular flexibility index (Phi) is 4.67. The van der Waals surface area contributed by atoms with Crippen molar-refractivity contribution in [2.45, 2.75) is 37.3 Å². The molecule has 1 aliphatic heterocycles. The molecule has 138 valence electrons. The average Bonchev–Trinajstić information content (AvgIpc) is 2.61. The molecule has 27 heavy (non-hydrogen) atoms. The number of rotatable bonds is 4. The van der Waals surface area contributed by atoms with Gasteiger partial charge in [0.25, 0.3) is 0 Å². The van der Waals surface area contributed by atoms with E-state index in [2.05, 4.69) is 6.07 Å². The first-order chi connectivity index (χ1) is 13.2. The smallest absolute Gasteiger partial charge is 0.227 e. The molecule has 1 heterocycles. The summed E-state index contributed by atoms with van der Waals surface area (Å²) in [4.78, 5) is 14.3. The molecule has 0 aromatic heterocycles. The molecular weight excluding hydrogens is 343 g/mol. The van der Waals surface area contributed by atoms with E-state index in [9.17, 15) is 19.6 Å². The van der Waals surface area contributed by atoms with Gasteiger partial charge in [-0.05, 0) is 30.0 Å². The molecule has 4 rings (SSSR count).